The molecule has 1 aromatic heterocycles. The molecule has 1 heterocycles. The highest BCUT2D eigenvalue weighted by atomic mass is 16.5. The molecule has 0 saturated carbocycles. The van der Waals surface area contributed by atoms with Crippen molar-refractivity contribution in [1.82, 2.24) is 14.9 Å². The molecule has 0 aliphatic heterocycles. The van der Waals surface area contributed by atoms with Gasteiger partial charge in [-0.05, 0) is 20.4 Å². The standard InChI is InChI=1S/C12H21N3O2/c1-5-6-10-14-7-8-15(10)9-12(2,13-3)11(16)17-4/h7-8,13H,5-6,9H2,1-4H3. The number of carbonyl (C=O) groups is 1. The number of carbonyl (C=O) groups excluding carboxylic acids is 1. The number of ether oxygens (including phenoxy) is 1. The second-order valence-corrected chi connectivity index (χ2v) is 4.30. The molecular formula is C12H21N3O2. The van der Waals surface area contributed by atoms with Crippen molar-refractivity contribution in [3.05, 3.63) is 18.2 Å². The highest BCUT2D eigenvalue weighted by Gasteiger charge is 2.33. The molecule has 5 heteroatoms. The van der Waals surface area contributed by atoms with Crippen molar-refractivity contribution in [3.63, 3.8) is 0 Å². The van der Waals surface area contributed by atoms with Crippen LogP contribution in [0.3, 0.4) is 0 Å². The second kappa shape index (κ2) is 5.82. The smallest absolute Gasteiger partial charge is 0.327 e. The Bertz CT molecular complexity index is 376. The predicted molar refractivity (Wildman–Crippen MR) is 65.7 cm³/mol. The van der Waals surface area contributed by atoms with E-state index in [9.17, 15) is 4.79 Å². The van der Waals surface area contributed by atoms with Crippen molar-refractivity contribution in [2.75, 3.05) is 14.2 Å². The number of nitrogens with one attached hydrogen (secondary N) is 1. The molecule has 0 amide bonds. The minimum Gasteiger partial charge on any atom is -0.468 e. The molecule has 1 atom stereocenters. The zero-order valence-corrected chi connectivity index (χ0v) is 11.0. The summed E-state index contributed by atoms with van der Waals surface area (Å²) in [5, 5.41) is 3.01. The summed E-state index contributed by atoms with van der Waals surface area (Å²) in [6.45, 7) is 4.46. The van der Waals surface area contributed by atoms with Gasteiger partial charge in [0, 0.05) is 18.8 Å². The number of hydrogen-bond donors (Lipinski definition) is 1. The Morgan fingerprint density at radius 2 is 2.35 bits per heavy atom. The van der Waals surface area contributed by atoms with Crippen molar-refractivity contribution in [1.29, 1.82) is 0 Å². The molecule has 1 rings (SSSR count). The Hall–Kier alpha value is -1.36. The van der Waals surface area contributed by atoms with Crippen LogP contribution >= 0.6 is 0 Å². The fraction of sp³-hybridized carbons (Fsp3) is 0.667. The molecule has 96 valence electrons. The molecule has 0 bridgehead atoms. The normalized spacial score (nSPS) is 14.4. The summed E-state index contributed by atoms with van der Waals surface area (Å²) in [5.74, 6) is 0.731. The van der Waals surface area contributed by atoms with E-state index in [-0.39, 0.29) is 5.97 Å². The maximum Gasteiger partial charge on any atom is 0.327 e. The van der Waals surface area contributed by atoms with Gasteiger partial charge in [0.15, 0.2) is 0 Å². The van der Waals surface area contributed by atoms with Gasteiger partial charge in [-0.3, -0.25) is 0 Å². The average Bonchev–Trinajstić information content (AvgIpc) is 2.75. The van der Waals surface area contributed by atoms with Crippen LogP contribution in [-0.2, 0) is 22.5 Å². The molecule has 0 spiro atoms. The Morgan fingerprint density at radius 1 is 1.65 bits per heavy atom. The number of rotatable bonds is 6. The van der Waals surface area contributed by atoms with Crippen LogP contribution < -0.4 is 5.32 Å². The number of hydrogen-bond acceptors (Lipinski definition) is 4. The van der Waals surface area contributed by atoms with E-state index in [1.165, 1.54) is 7.11 Å². The molecule has 0 saturated heterocycles. The first kappa shape index (κ1) is 13.7. The summed E-state index contributed by atoms with van der Waals surface area (Å²) in [5.41, 5.74) is -0.724. The van der Waals surface area contributed by atoms with Gasteiger partial charge in [0.05, 0.1) is 13.7 Å². The molecule has 1 N–H and O–H groups in total. The van der Waals surface area contributed by atoms with E-state index in [1.807, 2.05) is 17.7 Å². The number of methoxy groups -OCH3 is 1. The lowest BCUT2D eigenvalue weighted by molar-refractivity contribution is -0.148. The van der Waals surface area contributed by atoms with Gasteiger partial charge in [0.2, 0.25) is 0 Å². The fourth-order valence-corrected chi connectivity index (χ4v) is 1.75. The van der Waals surface area contributed by atoms with Crippen LogP contribution in [0.5, 0.6) is 0 Å². The Labute approximate surface area is 102 Å². The number of nitrogens with zero attached hydrogens (tertiary/aromatic N) is 2. The number of likely N-dealkylation sites (N-methyl/N-ethyl adjacent to an activating group) is 1. The van der Waals surface area contributed by atoms with Crippen LogP contribution in [0.25, 0.3) is 0 Å². The van der Waals surface area contributed by atoms with E-state index in [4.69, 9.17) is 4.74 Å². The lowest BCUT2D eigenvalue weighted by atomic mass is 10.0. The first-order valence-electron chi connectivity index (χ1n) is 5.84. The second-order valence-electron chi connectivity index (χ2n) is 4.30. The summed E-state index contributed by atoms with van der Waals surface area (Å²) in [4.78, 5) is 16.0. The molecule has 0 aliphatic carbocycles. The van der Waals surface area contributed by atoms with Gasteiger partial charge >= 0.3 is 5.97 Å². The molecule has 0 aliphatic rings. The molecule has 17 heavy (non-hydrogen) atoms. The highest BCUT2D eigenvalue weighted by Crippen LogP contribution is 2.12. The minimum atomic E-state index is -0.724. The van der Waals surface area contributed by atoms with E-state index in [0.717, 1.165) is 18.7 Å². The first-order valence-corrected chi connectivity index (χ1v) is 5.84. The third-order valence-corrected chi connectivity index (χ3v) is 2.95. The van der Waals surface area contributed by atoms with Gasteiger partial charge in [-0.2, -0.15) is 0 Å². The van der Waals surface area contributed by atoms with E-state index in [0.29, 0.717) is 6.54 Å². The van der Waals surface area contributed by atoms with Crippen molar-refractivity contribution in [2.24, 2.45) is 0 Å². The van der Waals surface area contributed by atoms with Crippen LogP contribution in [0.2, 0.25) is 0 Å². The molecule has 0 radical (unpaired) electrons. The Balaban J connectivity index is 2.87. The molecular weight excluding hydrogens is 218 g/mol. The topological polar surface area (TPSA) is 56.2 Å². The Kier molecular flexibility index (Phi) is 4.69. The van der Waals surface area contributed by atoms with Gasteiger partial charge in [0.25, 0.3) is 0 Å². The number of aromatic nitrogens is 2. The van der Waals surface area contributed by atoms with Crippen molar-refractivity contribution in [2.45, 2.75) is 38.8 Å². The molecule has 1 unspecified atom stereocenters. The lowest BCUT2D eigenvalue weighted by Crippen LogP contribution is -2.51. The van der Waals surface area contributed by atoms with Gasteiger partial charge in [-0.1, -0.05) is 6.92 Å². The number of imidazole rings is 1. The SMILES string of the molecule is CCCc1nccn1CC(C)(NC)C(=O)OC. The van der Waals surface area contributed by atoms with E-state index in [1.54, 1.807) is 13.2 Å². The third kappa shape index (κ3) is 3.06. The summed E-state index contributed by atoms with van der Waals surface area (Å²) in [7, 11) is 3.16. The van der Waals surface area contributed by atoms with Crippen LogP contribution in [0.15, 0.2) is 12.4 Å². The number of esters is 1. The monoisotopic (exact) mass is 239 g/mol. The maximum absolute atomic E-state index is 11.7. The van der Waals surface area contributed by atoms with Crippen LogP contribution in [0, 0.1) is 0 Å². The largest absolute Gasteiger partial charge is 0.468 e. The predicted octanol–water partition coefficient (Wildman–Crippen LogP) is 0.987. The highest BCUT2D eigenvalue weighted by molar-refractivity contribution is 5.80. The fourth-order valence-electron chi connectivity index (χ4n) is 1.75. The first-order chi connectivity index (χ1) is 8.07. The van der Waals surface area contributed by atoms with Crippen LogP contribution in [-0.4, -0.2) is 35.2 Å². The quantitative estimate of drug-likeness (QED) is 0.752. The van der Waals surface area contributed by atoms with Gasteiger partial charge in [-0.15, -0.1) is 0 Å². The van der Waals surface area contributed by atoms with Crippen molar-refractivity contribution in [3.8, 4) is 0 Å². The van der Waals surface area contributed by atoms with E-state index >= 15 is 0 Å². The maximum atomic E-state index is 11.7. The molecule has 0 aromatic carbocycles. The minimum absolute atomic E-state index is 0.267. The summed E-state index contributed by atoms with van der Waals surface area (Å²) >= 11 is 0. The third-order valence-electron chi connectivity index (χ3n) is 2.95. The zero-order chi connectivity index (χ0) is 12.9. The van der Waals surface area contributed by atoms with Crippen molar-refractivity contribution < 1.29 is 9.53 Å². The van der Waals surface area contributed by atoms with E-state index < -0.39 is 5.54 Å². The average molecular weight is 239 g/mol. The number of aryl methyl sites for hydroxylation is 1. The molecule has 0 fully saturated rings. The zero-order valence-electron chi connectivity index (χ0n) is 11.0. The van der Waals surface area contributed by atoms with Crippen LogP contribution in [0.4, 0.5) is 0 Å². The van der Waals surface area contributed by atoms with Gasteiger partial charge in [-0.25, -0.2) is 9.78 Å². The van der Waals surface area contributed by atoms with Crippen LogP contribution in [0.1, 0.15) is 26.1 Å². The van der Waals surface area contributed by atoms with Gasteiger partial charge in [0.1, 0.15) is 11.4 Å². The van der Waals surface area contributed by atoms with Gasteiger partial charge < -0.3 is 14.6 Å². The van der Waals surface area contributed by atoms with Crippen molar-refractivity contribution >= 4 is 5.97 Å². The van der Waals surface area contributed by atoms with E-state index in [2.05, 4.69) is 17.2 Å². The Morgan fingerprint density at radius 3 is 2.88 bits per heavy atom. The molecule has 5 nitrogen and oxygen atoms in total. The molecule has 1 aromatic rings. The summed E-state index contributed by atoms with van der Waals surface area (Å²) < 4.78 is 6.82. The summed E-state index contributed by atoms with van der Waals surface area (Å²) in [6, 6.07) is 0. The summed E-state index contributed by atoms with van der Waals surface area (Å²) in [6.07, 6.45) is 5.60. The lowest BCUT2D eigenvalue weighted by Gasteiger charge is -2.27.